The maximum atomic E-state index is 12.1. The monoisotopic (exact) mass is 226 g/mol. The Bertz CT molecular complexity index is 325. The Hall–Kier alpha value is -1.10. The average Bonchev–Trinajstić information content (AvgIpc) is 2.55. The SMILES string of the molecule is C[C@@H]1CN(C(=O)C2(N)CCC2)C[C@H]1C(=O)O. The molecule has 0 aromatic heterocycles. The van der Waals surface area contributed by atoms with Crippen LogP contribution in [0.2, 0.25) is 0 Å². The number of carbonyl (C=O) groups is 2. The van der Waals surface area contributed by atoms with Crippen LogP contribution in [0.4, 0.5) is 0 Å². The summed E-state index contributed by atoms with van der Waals surface area (Å²) in [6.07, 6.45) is 2.46. The summed E-state index contributed by atoms with van der Waals surface area (Å²) in [5.74, 6) is -1.30. The quantitative estimate of drug-likeness (QED) is 0.696. The molecule has 0 bridgehead atoms. The van der Waals surface area contributed by atoms with Crippen LogP contribution >= 0.6 is 0 Å². The van der Waals surface area contributed by atoms with Crippen LogP contribution in [0.3, 0.4) is 0 Å². The molecule has 16 heavy (non-hydrogen) atoms. The van der Waals surface area contributed by atoms with Gasteiger partial charge in [0.05, 0.1) is 11.5 Å². The van der Waals surface area contributed by atoms with Crippen molar-refractivity contribution >= 4 is 11.9 Å². The number of hydrogen-bond acceptors (Lipinski definition) is 3. The lowest BCUT2D eigenvalue weighted by Crippen LogP contribution is -2.59. The molecule has 1 saturated carbocycles. The van der Waals surface area contributed by atoms with Crippen LogP contribution in [-0.4, -0.2) is 40.5 Å². The van der Waals surface area contributed by atoms with E-state index in [1.54, 1.807) is 4.90 Å². The molecular weight excluding hydrogens is 208 g/mol. The minimum absolute atomic E-state index is 0.0186. The van der Waals surface area contributed by atoms with Crippen molar-refractivity contribution in [3.63, 3.8) is 0 Å². The van der Waals surface area contributed by atoms with E-state index in [0.29, 0.717) is 13.1 Å². The Morgan fingerprint density at radius 2 is 2.00 bits per heavy atom. The summed E-state index contributed by atoms with van der Waals surface area (Å²) in [7, 11) is 0. The van der Waals surface area contributed by atoms with Gasteiger partial charge in [0.2, 0.25) is 5.91 Å². The summed E-state index contributed by atoms with van der Waals surface area (Å²) < 4.78 is 0. The number of amides is 1. The molecule has 1 aliphatic heterocycles. The zero-order chi connectivity index (χ0) is 11.9. The fraction of sp³-hybridized carbons (Fsp3) is 0.818. The number of rotatable bonds is 2. The van der Waals surface area contributed by atoms with E-state index in [1.807, 2.05) is 6.92 Å². The lowest BCUT2D eigenvalue weighted by molar-refractivity contribution is -0.143. The molecule has 1 amide bonds. The summed E-state index contributed by atoms with van der Waals surface area (Å²) in [6.45, 7) is 2.71. The second-order valence-electron chi connectivity index (χ2n) is 5.14. The van der Waals surface area contributed by atoms with Gasteiger partial charge in [0.15, 0.2) is 0 Å². The van der Waals surface area contributed by atoms with Crippen molar-refractivity contribution in [1.82, 2.24) is 4.90 Å². The Labute approximate surface area is 94.6 Å². The minimum Gasteiger partial charge on any atom is -0.481 e. The Morgan fingerprint density at radius 1 is 1.38 bits per heavy atom. The third-order valence-corrected chi connectivity index (χ3v) is 3.89. The van der Waals surface area contributed by atoms with Crippen molar-refractivity contribution in [3.05, 3.63) is 0 Å². The van der Waals surface area contributed by atoms with Gasteiger partial charge in [-0.3, -0.25) is 9.59 Å². The number of nitrogens with zero attached hydrogens (tertiary/aromatic N) is 1. The van der Waals surface area contributed by atoms with E-state index in [0.717, 1.165) is 19.3 Å². The molecule has 90 valence electrons. The highest BCUT2D eigenvalue weighted by atomic mass is 16.4. The van der Waals surface area contributed by atoms with Gasteiger partial charge in [-0.05, 0) is 25.2 Å². The van der Waals surface area contributed by atoms with Gasteiger partial charge in [0.1, 0.15) is 0 Å². The highest BCUT2D eigenvalue weighted by Gasteiger charge is 2.46. The molecule has 5 nitrogen and oxygen atoms in total. The third kappa shape index (κ3) is 1.69. The maximum Gasteiger partial charge on any atom is 0.308 e. The maximum absolute atomic E-state index is 12.1. The van der Waals surface area contributed by atoms with Gasteiger partial charge >= 0.3 is 5.97 Å². The van der Waals surface area contributed by atoms with E-state index < -0.39 is 17.4 Å². The molecule has 0 aromatic rings. The van der Waals surface area contributed by atoms with Crippen LogP contribution in [0.15, 0.2) is 0 Å². The van der Waals surface area contributed by atoms with E-state index in [4.69, 9.17) is 10.8 Å². The molecule has 1 saturated heterocycles. The van der Waals surface area contributed by atoms with Crippen molar-refractivity contribution in [2.75, 3.05) is 13.1 Å². The molecule has 0 unspecified atom stereocenters. The smallest absolute Gasteiger partial charge is 0.308 e. The molecule has 0 aromatic carbocycles. The van der Waals surface area contributed by atoms with Crippen LogP contribution in [0, 0.1) is 11.8 Å². The van der Waals surface area contributed by atoms with Gasteiger partial charge in [-0.2, -0.15) is 0 Å². The van der Waals surface area contributed by atoms with Crippen LogP contribution < -0.4 is 5.73 Å². The molecule has 2 rings (SSSR count). The van der Waals surface area contributed by atoms with Crippen LogP contribution in [-0.2, 0) is 9.59 Å². The first-order chi connectivity index (χ1) is 7.44. The van der Waals surface area contributed by atoms with Crippen molar-refractivity contribution in [2.45, 2.75) is 31.7 Å². The van der Waals surface area contributed by atoms with Gasteiger partial charge in [0.25, 0.3) is 0 Å². The van der Waals surface area contributed by atoms with Crippen LogP contribution in [0.1, 0.15) is 26.2 Å². The number of aliphatic carboxylic acids is 1. The van der Waals surface area contributed by atoms with Gasteiger partial charge in [0, 0.05) is 13.1 Å². The largest absolute Gasteiger partial charge is 0.481 e. The lowest BCUT2D eigenvalue weighted by Gasteiger charge is -2.39. The van der Waals surface area contributed by atoms with Gasteiger partial charge in [-0.1, -0.05) is 6.92 Å². The number of nitrogens with two attached hydrogens (primary N) is 1. The van der Waals surface area contributed by atoms with Crippen LogP contribution in [0.25, 0.3) is 0 Å². The molecule has 1 heterocycles. The fourth-order valence-corrected chi connectivity index (χ4v) is 2.54. The number of carboxylic acids is 1. The average molecular weight is 226 g/mol. The van der Waals surface area contributed by atoms with E-state index >= 15 is 0 Å². The molecule has 1 aliphatic carbocycles. The first-order valence-electron chi connectivity index (χ1n) is 5.75. The Morgan fingerprint density at radius 3 is 2.38 bits per heavy atom. The molecular formula is C11H18N2O3. The second kappa shape index (κ2) is 3.73. The molecule has 3 N–H and O–H groups in total. The van der Waals surface area contributed by atoms with Crippen molar-refractivity contribution < 1.29 is 14.7 Å². The van der Waals surface area contributed by atoms with Crippen molar-refractivity contribution in [3.8, 4) is 0 Å². The van der Waals surface area contributed by atoms with Crippen LogP contribution in [0.5, 0.6) is 0 Å². The molecule has 2 fully saturated rings. The Kier molecular flexibility index (Phi) is 2.66. The first-order valence-corrected chi connectivity index (χ1v) is 5.75. The molecule has 0 radical (unpaired) electrons. The molecule has 0 spiro atoms. The summed E-state index contributed by atoms with van der Waals surface area (Å²) in [5, 5.41) is 8.99. The van der Waals surface area contributed by atoms with Crippen molar-refractivity contribution in [1.29, 1.82) is 0 Å². The number of carboxylic acid groups (broad SMARTS) is 1. The van der Waals surface area contributed by atoms with E-state index in [-0.39, 0.29) is 11.8 Å². The second-order valence-corrected chi connectivity index (χ2v) is 5.14. The highest BCUT2D eigenvalue weighted by molar-refractivity contribution is 5.88. The summed E-state index contributed by atoms with van der Waals surface area (Å²) in [5.41, 5.74) is 5.25. The zero-order valence-corrected chi connectivity index (χ0v) is 9.48. The minimum atomic E-state index is -0.817. The standard InChI is InChI=1S/C11H18N2O3/c1-7-5-13(6-8(7)9(14)15)10(16)11(12)3-2-4-11/h7-8H,2-6,12H2,1H3,(H,14,15)/t7-,8-/m1/s1. The molecule has 5 heteroatoms. The zero-order valence-electron chi connectivity index (χ0n) is 9.48. The summed E-state index contributed by atoms with van der Waals surface area (Å²) >= 11 is 0. The Balaban J connectivity index is 2.02. The highest BCUT2D eigenvalue weighted by Crippen LogP contribution is 2.33. The number of carbonyl (C=O) groups excluding carboxylic acids is 1. The topological polar surface area (TPSA) is 83.6 Å². The third-order valence-electron chi connectivity index (χ3n) is 3.89. The summed E-state index contributed by atoms with van der Waals surface area (Å²) in [6, 6.07) is 0. The predicted molar refractivity (Wildman–Crippen MR) is 57.6 cm³/mol. The van der Waals surface area contributed by atoms with E-state index in [2.05, 4.69) is 0 Å². The van der Waals surface area contributed by atoms with Crippen molar-refractivity contribution in [2.24, 2.45) is 17.6 Å². The van der Waals surface area contributed by atoms with Gasteiger partial charge in [-0.25, -0.2) is 0 Å². The first kappa shape index (κ1) is 11.4. The number of hydrogen-bond donors (Lipinski definition) is 2. The fourth-order valence-electron chi connectivity index (χ4n) is 2.54. The summed E-state index contributed by atoms with van der Waals surface area (Å²) in [4.78, 5) is 24.6. The predicted octanol–water partition coefficient (Wildman–Crippen LogP) is 0.0469. The normalized spacial score (nSPS) is 32.2. The van der Waals surface area contributed by atoms with E-state index in [1.165, 1.54) is 0 Å². The lowest BCUT2D eigenvalue weighted by atomic mass is 9.76. The van der Waals surface area contributed by atoms with Gasteiger partial charge in [-0.15, -0.1) is 0 Å². The van der Waals surface area contributed by atoms with Gasteiger partial charge < -0.3 is 15.7 Å². The molecule has 2 atom stereocenters. The number of likely N-dealkylation sites (tertiary alicyclic amines) is 1. The van der Waals surface area contributed by atoms with E-state index in [9.17, 15) is 9.59 Å². The molecule has 2 aliphatic rings.